The lowest BCUT2D eigenvalue weighted by molar-refractivity contribution is -0.387. The zero-order chi connectivity index (χ0) is 18.1. The second kappa shape index (κ2) is 6.65. The molecule has 1 saturated heterocycles. The van der Waals surface area contributed by atoms with E-state index in [-0.39, 0.29) is 13.1 Å². The molecule has 0 amide bonds. The molecule has 0 saturated carbocycles. The molecule has 0 spiro atoms. The molecule has 0 aromatic heterocycles. The number of hydrogen-bond donors (Lipinski definition) is 1. The summed E-state index contributed by atoms with van der Waals surface area (Å²) in [5.41, 5.74) is 4.77. The van der Waals surface area contributed by atoms with E-state index in [1.54, 1.807) is 0 Å². The number of nitrogens with zero attached hydrogens (tertiary/aromatic N) is 2. The number of nitrogens with two attached hydrogens (primary N) is 1. The van der Waals surface area contributed by atoms with Crippen LogP contribution in [0.1, 0.15) is 6.42 Å². The summed E-state index contributed by atoms with van der Waals surface area (Å²) in [4.78, 5) is 9.64. The predicted octanol–water partition coefficient (Wildman–Crippen LogP) is 1.74. The number of para-hydroxylation sites is 1. The molecule has 2 N–H and O–H groups in total. The third-order valence-electron chi connectivity index (χ3n) is 4.10. The van der Waals surface area contributed by atoms with E-state index < -0.39 is 56.5 Å². The number of rotatable bonds is 4. The first-order valence-electron chi connectivity index (χ1n) is 7.09. The molecule has 2 rings (SSSR count). The van der Waals surface area contributed by atoms with Crippen LogP contribution in [0.15, 0.2) is 29.2 Å². The molecule has 1 aliphatic heterocycles. The van der Waals surface area contributed by atoms with Gasteiger partial charge < -0.3 is 5.73 Å². The Morgan fingerprint density at radius 2 is 1.96 bits per heavy atom. The van der Waals surface area contributed by atoms with Crippen LogP contribution in [0, 0.1) is 22.0 Å². The van der Waals surface area contributed by atoms with E-state index in [0.717, 1.165) is 16.4 Å². The summed E-state index contributed by atoms with van der Waals surface area (Å²) in [6, 6.07) is 4.75. The summed E-state index contributed by atoms with van der Waals surface area (Å²) in [6.45, 7) is -1.11. The van der Waals surface area contributed by atoms with Gasteiger partial charge >= 0.3 is 6.18 Å². The molecule has 1 aromatic carbocycles. The van der Waals surface area contributed by atoms with E-state index in [4.69, 9.17) is 5.73 Å². The van der Waals surface area contributed by atoms with Crippen molar-refractivity contribution >= 4 is 15.7 Å². The molecule has 1 aliphatic rings. The Labute approximate surface area is 136 Å². The highest BCUT2D eigenvalue weighted by atomic mass is 32.2. The highest BCUT2D eigenvalue weighted by Gasteiger charge is 2.48. The van der Waals surface area contributed by atoms with Crippen LogP contribution in [-0.4, -0.2) is 43.5 Å². The molecular formula is C13H16F3N3O4S. The van der Waals surface area contributed by atoms with Gasteiger partial charge in [-0.25, -0.2) is 8.42 Å². The van der Waals surface area contributed by atoms with Crippen molar-refractivity contribution in [1.82, 2.24) is 4.31 Å². The Balaban J connectivity index is 2.34. The molecular weight excluding hydrogens is 351 g/mol. The molecule has 2 unspecified atom stereocenters. The Morgan fingerprint density at radius 3 is 2.50 bits per heavy atom. The summed E-state index contributed by atoms with van der Waals surface area (Å²) in [5.74, 6) is -2.77. The van der Waals surface area contributed by atoms with Gasteiger partial charge in [0, 0.05) is 19.2 Å². The first-order valence-corrected chi connectivity index (χ1v) is 8.53. The van der Waals surface area contributed by atoms with E-state index in [1.807, 2.05) is 0 Å². The maximum absolute atomic E-state index is 13.0. The molecule has 1 fully saturated rings. The molecule has 0 aliphatic carbocycles. The van der Waals surface area contributed by atoms with Crippen LogP contribution in [-0.2, 0) is 10.0 Å². The first-order chi connectivity index (χ1) is 11.1. The maximum Gasteiger partial charge on any atom is 0.392 e. The monoisotopic (exact) mass is 367 g/mol. The molecule has 7 nitrogen and oxygen atoms in total. The number of benzene rings is 1. The molecule has 1 heterocycles. The minimum Gasteiger partial charge on any atom is -0.330 e. The lowest BCUT2D eigenvalue weighted by Gasteiger charge is -2.38. The lowest BCUT2D eigenvalue weighted by Crippen LogP contribution is -2.50. The maximum atomic E-state index is 13.0. The van der Waals surface area contributed by atoms with Crippen LogP contribution < -0.4 is 5.73 Å². The van der Waals surface area contributed by atoms with Gasteiger partial charge in [0.15, 0.2) is 4.90 Å². The number of halogens is 3. The van der Waals surface area contributed by atoms with Crippen LogP contribution in [0.2, 0.25) is 0 Å². The van der Waals surface area contributed by atoms with E-state index in [1.165, 1.54) is 12.1 Å². The van der Waals surface area contributed by atoms with Crippen LogP contribution in [0.3, 0.4) is 0 Å². The second-order valence-electron chi connectivity index (χ2n) is 5.52. The quantitative estimate of drug-likeness (QED) is 0.644. The summed E-state index contributed by atoms with van der Waals surface area (Å²) < 4.78 is 65.0. The van der Waals surface area contributed by atoms with Gasteiger partial charge in [-0.15, -0.1) is 0 Å². The first kappa shape index (κ1) is 18.6. The van der Waals surface area contributed by atoms with Crippen LogP contribution in [0.4, 0.5) is 18.9 Å². The second-order valence-corrected chi connectivity index (χ2v) is 7.43. The number of nitro groups is 1. The van der Waals surface area contributed by atoms with E-state index in [2.05, 4.69) is 0 Å². The zero-order valence-electron chi connectivity index (χ0n) is 12.4. The van der Waals surface area contributed by atoms with E-state index >= 15 is 0 Å². The number of hydrogen-bond acceptors (Lipinski definition) is 5. The van der Waals surface area contributed by atoms with Crippen molar-refractivity contribution in [3.63, 3.8) is 0 Å². The van der Waals surface area contributed by atoms with Gasteiger partial charge in [0.1, 0.15) is 0 Å². The molecule has 2 atom stereocenters. The fourth-order valence-corrected chi connectivity index (χ4v) is 4.52. The molecule has 0 bridgehead atoms. The third kappa shape index (κ3) is 3.52. The Kier molecular flexibility index (Phi) is 5.16. The SMILES string of the molecule is NCC1CN(S(=O)(=O)c2ccccc2[N+](=O)[O-])CCC1C(F)(F)F. The third-order valence-corrected chi connectivity index (χ3v) is 6.01. The standard InChI is InChI=1S/C13H16F3N3O4S/c14-13(15,16)10-5-6-18(8-9(10)7-17)24(22,23)12-4-2-1-3-11(12)19(20)21/h1-4,9-10H,5-8,17H2. The Hall–Kier alpha value is -1.72. The molecule has 24 heavy (non-hydrogen) atoms. The Morgan fingerprint density at radius 1 is 1.33 bits per heavy atom. The summed E-state index contributed by atoms with van der Waals surface area (Å²) in [5, 5.41) is 11.0. The van der Waals surface area contributed by atoms with Crippen molar-refractivity contribution < 1.29 is 26.5 Å². The molecule has 134 valence electrons. The highest BCUT2D eigenvalue weighted by Crippen LogP contribution is 2.39. The van der Waals surface area contributed by atoms with Gasteiger partial charge in [0.2, 0.25) is 10.0 Å². The summed E-state index contributed by atoms with van der Waals surface area (Å²) >= 11 is 0. The van der Waals surface area contributed by atoms with Gasteiger partial charge in [-0.1, -0.05) is 12.1 Å². The topological polar surface area (TPSA) is 107 Å². The van der Waals surface area contributed by atoms with Gasteiger partial charge in [-0.3, -0.25) is 10.1 Å². The van der Waals surface area contributed by atoms with Crippen molar-refractivity contribution in [2.75, 3.05) is 19.6 Å². The summed E-state index contributed by atoms with van der Waals surface area (Å²) in [7, 11) is -4.28. The van der Waals surface area contributed by atoms with Crippen molar-refractivity contribution in [2.45, 2.75) is 17.5 Å². The average Bonchev–Trinajstić information content (AvgIpc) is 2.53. The van der Waals surface area contributed by atoms with Crippen molar-refractivity contribution in [1.29, 1.82) is 0 Å². The largest absolute Gasteiger partial charge is 0.392 e. The van der Waals surface area contributed by atoms with Crippen molar-refractivity contribution in [2.24, 2.45) is 17.6 Å². The molecule has 1 aromatic rings. The number of piperidine rings is 1. The molecule has 0 radical (unpaired) electrons. The van der Waals surface area contributed by atoms with Gasteiger partial charge in [-0.05, 0) is 24.9 Å². The predicted molar refractivity (Wildman–Crippen MR) is 78.6 cm³/mol. The fourth-order valence-electron chi connectivity index (χ4n) is 2.85. The van der Waals surface area contributed by atoms with Crippen molar-refractivity contribution in [3.8, 4) is 0 Å². The number of alkyl halides is 3. The average molecular weight is 367 g/mol. The van der Waals surface area contributed by atoms with Gasteiger partial charge in [0.05, 0.1) is 10.8 Å². The summed E-state index contributed by atoms with van der Waals surface area (Å²) in [6.07, 6.45) is -4.89. The minimum atomic E-state index is -4.46. The normalized spacial score (nSPS) is 23.2. The number of sulfonamides is 1. The smallest absolute Gasteiger partial charge is 0.330 e. The van der Waals surface area contributed by atoms with Crippen LogP contribution in [0.25, 0.3) is 0 Å². The number of nitro benzene ring substituents is 1. The van der Waals surface area contributed by atoms with Gasteiger partial charge in [-0.2, -0.15) is 17.5 Å². The fraction of sp³-hybridized carbons (Fsp3) is 0.538. The van der Waals surface area contributed by atoms with E-state index in [9.17, 15) is 31.7 Å². The van der Waals surface area contributed by atoms with E-state index in [0.29, 0.717) is 0 Å². The van der Waals surface area contributed by atoms with Crippen LogP contribution in [0.5, 0.6) is 0 Å². The highest BCUT2D eigenvalue weighted by molar-refractivity contribution is 7.89. The lowest BCUT2D eigenvalue weighted by atomic mass is 9.86. The zero-order valence-corrected chi connectivity index (χ0v) is 13.3. The van der Waals surface area contributed by atoms with Gasteiger partial charge in [0.25, 0.3) is 5.69 Å². The van der Waals surface area contributed by atoms with Crippen molar-refractivity contribution in [3.05, 3.63) is 34.4 Å². The van der Waals surface area contributed by atoms with Crippen LogP contribution >= 0.6 is 0 Å². The minimum absolute atomic E-state index is 0.326. The Bertz CT molecular complexity index is 723. The molecule has 11 heteroatoms.